The molecule has 1 aliphatic heterocycles. The number of allylic oxidation sites excluding steroid dienone is 2. The molecule has 1 heterocycles. The first-order valence-electron chi connectivity index (χ1n) is 12.2. The van der Waals surface area contributed by atoms with Gasteiger partial charge in [0.25, 0.3) is 0 Å². The normalized spacial score (nSPS) is 18.1. The second-order valence-corrected chi connectivity index (χ2v) is 11.3. The van der Waals surface area contributed by atoms with Gasteiger partial charge >= 0.3 is 0 Å². The van der Waals surface area contributed by atoms with Gasteiger partial charge < -0.3 is 10.2 Å². The molecule has 1 aliphatic rings. The number of nitrogens with one attached hydrogen (secondary N) is 1. The van der Waals surface area contributed by atoms with Gasteiger partial charge in [-0.1, -0.05) is 75.4 Å². The van der Waals surface area contributed by atoms with Crippen LogP contribution < -0.4 is 5.32 Å². The molecule has 1 N–H and O–H groups in total. The summed E-state index contributed by atoms with van der Waals surface area (Å²) in [4.78, 5) is 28.2. The zero-order chi connectivity index (χ0) is 24.6. The van der Waals surface area contributed by atoms with Crippen molar-refractivity contribution in [3.05, 3.63) is 72.8 Å². The highest BCUT2D eigenvalue weighted by Crippen LogP contribution is 2.21. The molecule has 3 rings (SSSR count). The van der Waals surface area contributed by atoms with E-state index in [4.69, 9.17) is 0 Å². The highest BCUT2D eigenvalue weighted by molar-refractivity contribution is 7.99. The van der Waals surface area contributed by atoms with E-state index in [1.165, 1.54) is 10.8 Å². The Morgan fingerprint density at radius 3 is 2.74 bits per heavy atom. The van der Waals surface area contributed by atoms with Crippen molar-refractivity contribution in [2.75, 3.05) is 18.1 Å². The standard InChI is InChI=1S/C29H38N2O2S/c1-5-23(11-7-6-10-16-29(2,3)4)27(32)30-26-21-34-18-17-31(28(26)33)20-22-14-15-24-12-8-9-13-25(24)19-22/h5,8-10,12-16,19,23,26H,1,6-7,11,17-18,20-21H2,2-4H3,(H,30,32)/b16-10+. The molecule has 0 saturated carbocycles. The molecular weight excluding hydrogens is 440 g/mol. The van der Waals surface area contributed by atoms with Crippen LogP contribution in [0, 0.1) is 11.3 Å². The molecule has 4 nitrogen and oxygen atoms in total. The van der Waals surface area contributed by atoms with Crippen LogP contribution in [0.4, 0.5) is 0 Å². The molecule has 1 fully saturated rings. The molecule has 2 atom stereocenters. The van der Waals surface area contributed by atoms with Crippen molar-refractivity contribution < 1.29 is 9.59 Å². The lowest BCUT2D eigenvalue weighted by atomic mass is 9.95. The monoisotopic (exact) mass is 478 g/mol. The van der Waals surface area contributed by atoms with Crippen molar-refractivity contribution in [2.24, 2.45) is 11.3 Å². The van der Waals surface area contributed by atoms with Gasteiger partial charge in [0, 0.05) is 24.6 Å². The summed E-state index contributed by atoms with van der Waals surface area (Å²) >= 11 is 1.72. The van der Waals surface area contributed by atoms with E-state index in [-0.39, 0.29) is 23.1 Å². The average molecular weight is 479 g/mol. The van der Waals surface area contributed by atoms with Crippen LogP contribution in [-0.2, 0) is 16.1 Å². The molecule has 5 heteroatoms. The van der Waals surface area contributed by atoms with E-state index >= 15 is 0 Å². The zero-order valence-corrected chi connectivity index (χ0v) is 21.6. The van der Waals surface area contributed by atoms with Gasteiger partial charge in [0.05, 0.1) is 5.92 Å². The predicted octanol–water partition coefficient (Wildman–Crippen LogP) is 5.97. The largest absolute Gasteiger partial charge is 0.343 e. The van der Waals surface area contributed by atoms with Crippen LogP contribution in [0.1, 0.15) is 45.6 Å². The number of thioether (sulfide) groups is 1. The third-order valence-corrected chi connectivity index (χ3v) is 7.07. The minimum atomic E-state index is -0.497. The Hall–Kier alpha value is -2.53. The van der Waals surface area contributed by atoms with Gasteiger partial charge in [-0.3, -0.25) is 9.59 Å². The predicted molar refractivity (Wildman–Crippen MR) is 145 cm³/mol. The van der Waals surface area contributed by atoms with Crippen molar-refractivity contribution in [3.63, 3.8) is 0 Å². The fourth-order valence-corrected chi connectivity index (χ4v) is 5.10. The van der Waals surface area contributed by atoms with E-state index in [0.29, 0.717) is 18.8 Å². The topological polar surface area (TPSA) is 49.4 Å². The molecular formula is C29H38N2O2S. The van der Waals surface area contributed by atoms with E-state index in [2.05, 4.69) is 75.2 Å². The highest BCUT2D eigenvalue weighted by Gasteiger charge is 2.30. The van der Waals surface area contributed by atoms with Crippen LogP contribution in [0.15, 0.2) is 67.3 Å². The number of unbranched alkanes of at least 4 members (excludes halogenated alkanes) is 1. The van der Waals surface area contributed by atoms with E-state index in [1.807, 2.05) is 17.0 Å². The molecule has 0 aromatic heterocycles. The molecule has 34 heavy (non-hydrogen) atoms. The van der Waals surface area contributed by atoms with Gasteiger partial charge in [0.2, 0.25) is 11.8 Å². The van der Waals surface area contributed by atoms with Crippen molar-refractivity contribution >= 4 is 34.3 Å². The number of amides is 2. The average Bonchev–Trinajstić information content (AvgIpc) is 2.97. The fourth-order valence-electron chi connectivity index (χ4n) is 4.12. The van der Waals surface area contributed by atoms with E-state index in [0.717, 1.165) is 30.6 Å². The number of fused-ring (bicyclic) bond motifs is 1. The van der Waals surface area contributed by atoms with Gasteiger partial charge in [-0.15, -0.1) is 6.58 Å². The maximum Gasteiger partial charge on any atom is 0.246 e. The maximum absolute atomic E-state index is 13.3. The highest BCUT2D eigenvalue weighted by atomic mass is 32.2. The van der Waals surface area contributed by atoms with E-state index in [9.17, 15) is 9.59 Å². The number of hydrogen-bond donors (Lipinski definition) is 1. The Labute approximate surface area is 208 Å². The van der Waals surface area contributed by atoms with Crippen LogP contribution in [0.25, 0.3) is 10.8 Å². The second kappa shape index (κ2) is 12.3. The number of nitrogens with zero attached hydrogens (tertiary/aromatic N) is 1. The minimum absolute atomic E-state index is 0.00225. The lowest BCUT2D eigenvalue weighted by Gasteiger charge is -2.25. The summed E-state index contributed by atoms with van der Waals surface area (Å²) in [6.45, 7) is 11.6. The van der Waals surface area contributed by atoms with Crippen LogP contribution in [-0.4, -0.2) is 40.8 Å². The first-order valence-corrected chi connectivity index (χ1v) is 13.4. The number of hydrogen-bond acceptors (Lipinski definition) is 3. The van der Waals surface area contributed by atoms with Gasteiger partial charge in [-0.05, 0) is 47.1 Å². The Bertz CT molecular complexity index is 1020. The van der Waals surface area contributed by atoms with Crippen LogP contribution in [0.2, 0.25) is 0 Å². The van der Waals surface area contributed by atoms with Crippen LogP contribution >= 0.6 is 11.8 Å². The molecule has 0 aliphatic carbocycles. The Morgan fingerprint density at radius 2 is 2.00 bits per heavy atom. The van der Waals surface area contributed by atoms with Gasteiger partial charge in [-0.2, -0.15) is 11.8 Å². The SMILES string of the molecule is C=CC(CCC/C=C/C(C)(C)C)C(=O)NC1CSCCN(Cc2ccc3ccccc3c2)C1=O. The third kappa shape index (κ3) is 7.76. The Kier molecular flexibility index (Phi) is 9.40. The Morgan fingerprint density at radius 1 is 1.24 bits per heavy atom. The van der Waals surface area contributed by atoms with Crippen LogP contribution in [0.3, 0.4) is 0 Å². The molecule has 0 bridgehead atoms. The zero-order valence-electron chi connectivity index (χ0n) is 20.8. The minimum Gasteiger partial charge on any atom is -0.343 e. The first kappa shape index (κ1) is 26.1. The first-order chi connectivity index (χ1) is 16.3. The number of carbonyl (C=O) groups is 2. The molecule has 2 aromatic rings. The van der Waals surface area contributed by atoms with Gasteiger partial charge in [0.15, 0.2) is 0 Å². The van der Waals surface area contributed by atoms with Gasteiger partial charge in [-0.25, -0.2) is 0 Å². The number of benzene rings is 2. The number of carbonyl (C=O) groups excluding carboxylic acids is 2. The summed E-state index contributed by atoms with van der Waals surface area (Å²) in [6.07, 6.45) is 8.70. The quantitative estimate of drug-likeness (QED) is 0.357. The number of rotatable bonds is 9. The Balaban J connectivity index is 1.58. The second-order valence-electron chi connectivity index (χ2n) is 10.1. The van der Waals surface area contributed by atoms with Crippen molar-refractivity contribution in [1.29, 1.82) is 0 Å². The van der Waals surface area contributed by atoms with E-state index in [1.54, 1.807) is 17.8 Å². The summed E-state index contributed by atoms with van der Waals surface area (Å²) in [5.41, 5.74) is 1.28. The van der Waals surface area contributed by atoms with E-state index < -0.39 is 6.04 Å². The molecule has 2 unspecified atom stereocenters. The summed E-state index contributed by atoms with van der Waals surface area (Å²) < 4.78 is 0. The summed E-state index contributed by atoms with van der Waals surface area (Å²) in [6, 6.07) is 14.1. The molecule has 182 valence electrons. The molecule has 2 aromatic carbocycles. The van der Waals surface area contributed by atoms with Gasteiger partial charge in [0.1, 0.15) is 6.04 Å². The molecule has 0 spiro atoms. The fraction of sp³-hybridized carbons (Fsp3) is 0.448. The summed E-state index contributed by atoms with van der Waals surface area (Å²) in [7, 11) is 0. The van der Waals surface area contributed by atoms with Crippen LogP contribution in [0.5, 0.6) is 0 Å². The smallest absolute Gasteiger partial charge is 0.246 e. The van der Waals surface area contributed by atoms with Crippen molar-refractivity contribution in [1.82, 2.24) is 10.2 Å². The summed E-state index contributed by atoms with van der Waals surface area (Å²) in [5.74, 6) is 1.11. The lowest BCUT2D eigenvalue weighted by Crippen LogP contribution is -2.50. The van der Waals surface area contributed by atoms with Crippen molar-refractivity contribution in [3.8, 4) is 0 Å². The maximum atomic E-state index is 13.3. The molecule has 2 amide bonds. The summed E-state index contributed by atoms with van der Waals surface area (Å²) in [5, 5.41) is 5.40. The lowest BCUT2D eigenvalue weighted by molar-refractivity contribution is -0.136. The molecule has 0 radical (unpaired) electrons. The molecule has 1 saturated heterocycles. The third-order valence-electron chi connectivity index (χ3n) is 6.03. The van der Waals surface area contributed by atoms with Crippen molar-refractivity contribution in [2.45, 2.75) is 52.6 Å².